The Morgan fingerprint density at radius 1 is 1.31 bits per heavy atom. The van der Waals surface area contributed by atoms with Gasteiger partial charge in [0.1, 0.15) is 0 Å². The molecule has 0 amide bonds. The molecule has 0 aromatic carbocycles. The van der Waals surface area contributed by atoms with Gasteiger partial charge in [-0.05, 0) is 32.2 Å². The quantitative estimate of drug-likeness (QED) is 0.751. The summed E-state index contributed by atoms with van der Waals surface area (Å²) in [5.41, 5.74) is 0. The highest BCUT2D eigenvalue weighted by Gasteiger charge is 2.25. The Balaban J connectivity index is 1.62. The molecule has 16 heavy (non-hydrogen) atoms. The molecule has 1 saturated heterocycles. The van der Waals surface area contributed by atoms with Crippen LogP contribution in [0, 0.1) is 11.8 Å². The molecule has 2 atom stereocenters. The third-order valence-corrected chi connectivity index (χ3v) is 4.03. The summed E-state index contributed by atoms with van der Waals surface area (Å²) >= 11 is 0. The SMILES string of the molecule is CNC(COCC1CCCC1)C1CCOC1. The third-order valence-electron chi connectivity index (χ3n) is 4.03. The van der Waals surface area contributed by atoms with Crippen LogP contribution < -0.4 is 5.32 Å². The lowest BCUT2D eigenvalue weighted by atomic mass is 10.00. The Morgan fingerprint density at radius 2 is 2.12 bits per heavy atom. The first-order valence-corrected chi connectivity index (χ1v) is 6.73. The van der Waals surface area contributed by atoms with Crippen LogP contribution in [0.25, 0.3) is 0 Å². The number of hydrogen-bond donors (Lipinski definition) is 1. The van der Waals surface area contributed by atoms with E-state index in [1.54, 1.807) is 0 Å². The highest BCUT2D eigenvalue weighted by molar-refractivity contribution is 4.78. The number of rotatable bonds is 6. The summed E-state index contributed by atoms with van der Waals surface area (Å²) < 4.78 is 11.3. The summed E-state index contributed by atoms with van der Waals surface area (Å²) in [6.07, 6.45) is 6.73. The van der Waals surface area contributed by atoms with E-state index in [9.17, 15) is 0 Å². The van der Waals surface area contributed by atoms with Crippen LogP contribution in [0.1, 0.15) is 32.1 Å². The second-order valence-electron chi connectivity index (χ2n) is 5.21. The van der Waals surface area contributed by atoms with Crippen molar-refractivity contribution in [3.05, 3.63) is 0 Å². The van der Waals surface area contributed by atoms with Crippen LogP contribution in [0.3, 0.4) is 0 Å². The molecule has 1 saturated carbocycles. The highest BCUT2D eigenvalue weighted by atomic mass is 16.5. The van der Waals surface area contributed by atoms with Crippen LogP contribution in [-0.4, -0.2) is 39.5 Å². The van der Waals surface area contributed by atoms with E-state index < -0.39 is 0 Å². The van der Waals surface area contributed by atoms with Gasteiger partial charge in [-0.25, -0.2) is 0 Å². The zero-order valence-electron chi connectivity index (χ0n) is 10.4. The molecule has 0 spiro atoms. The van der Waals surface area contributed by atoms with Gasteiger partial charge in [-0.15, -0.1) is 0 Å². The fraction of sp³-hybridized carbons (Fsp3) is 1.00. The number of likely N-dealkylation sites (N-methyl/N-ethyl adjacent to an activating group) is 1. The molecule has 1 N–H and O–H groups in total. The maximum atomic E-state index is 5.86. The van der Waals surface area contributed by atoms with Gasteiger partial charge in [-0.1, -0.05) is 12.8 Å². The molecule has 1 aliphatic heterocycles. The van der Waals surface area contributed by atoms with Crippen molar-refractivity contribution in [1.82, 2.24) is 5.32 Å². The summed E-state index contributed by atoms with van der Waals surface area (Å²) in [5, 5.41) is 3.36. The molecule has 1 aliphatic carbocycles. The Hall–Kier alpha value is -0.120. The molecular weight excluding hydrogens is 202 g/mol. The molecule has 3 heteroatoms. The van der Waals surface area contributed by atoms with Crippen LogP contribution in [0.5, 0.6) is 0 Å². The normalized spacial score (nSPS) is 28.7. The van der Waals surface area contributed by atoms with Crippen molar-refractivity contribution in [1.29, 1.82) is 0 Å². The molecule has 1 heterocycles. The van der Waals surface area contributed by atoms with E-state index in [1.165, 1.54) is 32.1 Å². The molecule has 2 fully saturated rings. The number of nitrogens with one attached hydrogen (secondary N) is 1. The van der Waals surface area contributed by atoms with E-state index in [0.29, 0.717) is 12.0 Å². The first-order chi connectivity index (χ1) is 7.90. The van der Waals surface area contributed by atoms with E-state index in [1.807, 2.05) is 7.05 Å². The predicted octanol–water partition coefficient (Wildman–Crippen LogP) is 1.82. The summed E-state index contributed by atoms with van der Waals surface area (Å²) in [4.78, 5) is 0. The summed E-state index contributed by atoms with van der Waals surface area (Å²) in [5.74, 6) is 1.48. The van der Waals surface area contributed by atoms with Crippen LogP contribution in [-0.2, 0) is 9.47 Å². The Bertz CT molecular complexity index is 186. The Kier molecular flexibility index (Phi) is 5.07. The molecule has 2 rings (SSSR count). The molecule has 0 aromatic heterocycles. The van der Waals surface area contributed by atoms with E-state index in [-0.39, 0.29) is 0 Å². The highest BCUT2D eigenvalue weighted by Crippen LogP contribution is 2.25. The van der Waals surface area contributed by atoms with Gasteiger partial charge in [0, 0.05) is 25.2 Å². The van der Waals surface area contributed by atoms with Crippen molar-refractivity contribution in [3.63, 3.8) is 0 Å². The molecule has 3 nitrogen and oxygen atoms in total. The first kappa shape index (κ1) is 12.3. The maximum Gasteiger partial charge on any atom is 0.0623 e. The molecule has 0 bridgehead atoms. The van der Waals surface area contributed by atoms with E-state index in [4.69, 9.17) is 9.47 Å². The number of ether oxygens (including phenoxy) is 2. The van der Waals surface area contributed by atoms with Crippen molar-refractivity contribution in [3.8, 4) is 0 Å². The predicted molar refractivity (Wildman–Crippen MR) is 64.6 cm³/mol. The maximum absolute atomic E-state index is 5.86. The Morgan fingerprint density at radius 3 is 2.75 bits per heavy atom. The van der Waals surface area contributed by atoms with Crippen LogP contribution in [0.4, 0.5) is 0 Å². The monoisotopic (exact) mass is 227 g/mol. The van der Waals surface area contributed by atoms with Gasteiger partial charge in [0.15, 0.2) is 0 Å². The van der Waals surface area contributed by atoms with Gasteiger partial charge in [0.25, 0.3) is 0 Å². The smallest absolute Gasteiger partial charge is 0.0623 e. The van der Waals surface area contributed by atoms with Gasteiger partial charge in [-0.3, -0.25) is 0 Å². The van der Waals surface area contributed by atoms with Gasteiger partial charge >= 0.3 is 0 Å². The zero-order chi connectivity index (χ0) is 11.2. The van der Waals surface area contributed by atoms with Crippen LogP contribution in [0.15, 0.2) is 0 Å². The van der Waals surface area contributed by atoms with Crippen molar-refractivity contribution in [2.45, 2.75) is 38.1 Å². The van der Waals surface area contributed by atoms with E-state index in [0.717, 1.165) is 32.3 Å². The van der Waals surface area contributed by atoms with Crippen molar-refractivity contribution in [2.24, 2.45) is 11.8 Å². The summed E-state index contributed by atoms with van der Waals surface area (Å²) in [6.45, 7) is 3.64. The van der Waals surface area contributed by atoms with Crippen molar-refractivity contribution >= 4 is 0 Å². The lowest BCUT2D eigenvalue weighted by Crippen LogP contribution is -2.38. The topological polar surface area (TPSA) is 30.5 Å². The van der Waals surface area contributed by atoms with Gasteiger partial charge in [0.2, 0.25) is 0 Å². The minimum absolute atomic E-state index is 0.476. The molecular formula is C13H25NO2. The van der Waals surface area contributed by atoms with Gasteiger partial charge in [-0.2, -0.15) is 0 Å². The lowest BCUT2D eigenvalue weighted by molar-refractivity contribution is 0.0673. The largest absolute Gasteiger partial charge is 0.381 e. The van der Waals surface area contributed by atoms with Gasteiger partial charge in [0.05, 0.1) is 13.2 Å². The standard InChI is InChI=1S/C13H25NO2/c1-14-13(12-6-7-15-9-12)10-16-8-11-4-2-3-5-11/h11-14H,2-10H2,1H3. The number of hydrogen-bond acceptors (Lipinski definition) is 3. The third kappa shape index (κ3) is 3.44. The lowest BCUT2D eigenvalue weighted by Gasteiger charge is -2.22. The molecule has 0 aromatic rings. The molecule has 0 radical (unpaired) electrons. The summed E-state index contributed by atoms with van der Waals surface area (Å²) in [7, 11) is 2.03. The first-order valence-electron chi connectivity index (χ1n) is 6.73. The van der Waals surface area contributed by atoms with Crippen molar-refractivity contribution < 1.29 is 9.47 Å². The minimum Gasteiger partial charge on any atom is -0.381 e. The van der Waals surface area contributed by atoms with Crippen molar-refractivity contribution in [2.75, 3.05) is 33.5 Å². The average molecular weight is 227 g/mol. The fourth-order valence-electron chi connectivity index (χ4n) is 2.86. The van der Waals surface area contributed by atoms with E-state index in [2.05, 4.69) is 5.32 Å². The fourth-order valence-corrected chi connectivity index (χ4v) is 2.86. The summed E-state index contributed by atoms with van der Waals surface area (Å²) in [6, 6.07) is 0.476. The van der Waals surface area contributed by atoms with E-state index >= 15 is 0 Å². The van der Waals surface area contributed by atoms with Crippen LogP contribution >= 0.6 is 0 Å². The molecule has 94 valence electrons. The molecule has 2 aliphatic rings. The minimum atomic E-state index is 0.476. The molecule has 2 unspecified atom stereocenters. The average Bonchev–Trinajstić information content (AvgIpc) is 2.96. The zero-order valence-corrected chi connectivity index (χ0v) is 10.4. The second kappa shape index (κ2) is 6.58. The van der Waals surface area contributed by atoms with Crippen LogP contribution in [0.2, 0.25) is 0 Å². The van der Waals surface area contributed by atoms with Gasteiger partial charge < -0.3 is 14.8 Å². The second-order valence-corrected chi connectivity index (χ2v) is 5.21. The Labute approximate surface area is 98.9 Å².